The van der Waals surface area contributed by atoms with Gasteiger partial charge < -0.3 is 4.90 Å². The van der Waals surface area contributed by atoms with Gasteiger partial charge in [0.2, 0.25) is 0 Å². The lowest BCUT2D eigenvalue weighted by Gasteiger charge is -2.35. The van der Waals surface area contributed by atoms with Crippen LogP contribution in [0.15, 0.2) is 37.1 Å². The Kier molecular flexibility index (Phi) is 4.67. The van der Waals surface area contributed by atoms with E-state index in [0.29, 0.717) is 6.04 Å². The molecule has 1 aliphatic carbocycles. The van der Waals surface area contributed by atoms with Gasteiger partial charge in [0.25, 0.3) is 0 Å². The van der Waals surface area contributed by atoms with Crippen molar-refractivity contribution in [1.82, 2.24) is 4.90 Å². The molecule has 1 rings (SSSR count). The molecule has 0 bridgehead atoms. The molecule has 0 N–H and O–H groups in total. The van der Waals surface area contributed by atoms with E-state index in [4.69, 9.17) is 0 Å². The number of hydrogen-bond acceptors (Lipinski definition) is 1. The van der Waals surface area contributed by atoms with Crippen LogP contribution in [0.4, 0.5) is 0 Å². The van der Waals surface area contributed by atoms with Crippen LogP contribution in [0.1, 0.15) is 32.6 Å². The first-order chi connectivity index (χ1) is 7.15. The van der Waals surface area contributed by atoms with Gasteiger partial charge >= 0.3 is 0 Å². The van der Waals surface area contributed by atoms with Gasteiger partial charge in [-0.15, -0.1) is 0 Å². The summed E-state index contributed by atoms with van der Waals surface area (Å²) in [6.07, 6.45) is 11.1. The highest BCUT2D eigenvalue weighted by Crippen LogP contribution is 2.27. The summed E-state index contributed by atoms with van der Waals surface area (Å²) in [5.41, 5.74) is 1.09. The predicted molar refractivity (Wildman–Crippen MR) is 67.7 cm³/mol. The smallest absolute Gasteiger partial charge is 0.0293 e. The van der Waals surface area contributed by atoms with Crippen LogP contribution < -0.4 is 0 Å². The van der Waals surface area contributed by atoms with Crippen molar-refractivity contribution in [2.75, 3.05) is 7.05 Å². The highest BCUT2D eigenvalue weighted by atomic mass is 15.1. The summed E-state index contributed by atoms with van der Waals surface area (Å²) in [5, 5.41) is 0. The molecule has 1 nitrogen and oxygen atoms in total. The summed E-state index contributed by atoms with van der Waals surface area (Å²) >= 11 is 0. The molecule has 0 unspecified atom stereocenters. The number of hydrogen-bond donors (Lipinski definition) is 0. The van der Waals surface area contributed by atoms with Crippen molar-refractivity contribution >= 4 is 0 Å². The summed E-state index contributed by atoms with van der Waals surface area (Å²) in [5.74, 6) is 0.909. The van der Waals surface area contributed by atoms with Gasteiger partial charge in [-0.25, -0.2) is 0 Å². The Morgan fingerprint density at radius 3 is 2.40 bits per heavy atom. The topological polar surface area (TPSA) is 3.24 Å². The molecule has 1 fully saturated rings. The van der Waals surface area contributed by atoms with Crippen molar-refractivity contribution in [3.05, 3.63) is 37.1 Å². The number of nitrogens with zero attached hydrogens (tertiary/aromatic N) is 1. The zero-order valence-electron chi connectivity index (χ0n) is 10.1. The molecular formula is C14H23N. The largest absolute Gasteiger partial charge is 0.372 e. The third-order valence-corrected chi connectivity index (χ3v) is 3.41. The second-order valence-electron chi connectivity index (χ2n) is 4.61. The van der Waals surface area contributed by atoms with E-state index in [9.17, 15) is 0 Å². The highest BCUT2D eigenvalue weighted by molar-refractivity contribution is 5.17. The molecule has 0 amide bonds. The van der Waals surface area contributed by atoms with Crippen molar-refractivity contribution in [3.63, 3.8) is 0 Å². The van der Waals surface area contributed by atoms with E-state index in [-0.39, 0.29) is 0 Å². The molecule has 0 heterocycles. The second-order valence-corrected chi connectivity index (χ2v) is 4.61. The summed E-state index contributed by atoms with van der Waals surface area (Å²) in [6, 6.07) is 0.683. The highest BCUT2D eigenvalue weighted by Gasteiger charge is 2.21. The number of allylic oxidation sites excluding steroid dienone is 3. The average molecular weight is 205 g/mol. The molecule has 0 aliphatic heterocycles. The molecular weight excluding hydrogens is 182 g/mol. The molecule has 1 heteroatoms. The molecule has 0 spiro atoms. The first-order valence-corrected chi connectivity index (χ1v) is 5.86. The number of likely N-dealkylation sites (N-methyl/N-ethyl adjacent to an activating group) is 1. The minimum Gasteiger partial charge on any atom is -0.372 e. The summed E-state index contributed by atoms with van der Waals surface area (Å²) in [4.78, 5) is 2.31. The fourth-order valence-electron chi connectivity index (χ4n) is 2.16. The maximum atomic E-state index is 4.08. The van der Waals surface area contributed by atoms with Crippen LogP contribution in [0.5, 0.6) is 0 Å². The van der Waals surface area contributed by atoms with E-state index in [2.05, 4.69) is 32.0 Å². The molecule has 0 aromatic rings. The van der Waals surface area contributed by atoms with Crippen molar-refractivity contribution in [2.24, 2.45) is 5.92 Å². The fourth-order valence-corrected chi connectivity index (χ4v) is 2.16. The van der Waals surface area contributed by atoms with Gasteiger partial charge in [0.15, 0.2) is 0 Å². The van der Waals surface area contributed by atoms with Gasteiger partial charge in [-0.2, -0.15) is 0 Å². The lowest BCUT2D eigenvalue weighted by molar-refractivity contribution is 0.211. The maximum absolute atomic E-state index is 4.08. The minimum atomic E-state index is 0.683. The Hall–Kier alpha value is -0.980. The van der Waals surface area contributed by atoms with Crippen molar-refractivity contribution in [1.29, 1.82) is 0 Å². The van der Waals surface area contributed by atoms with Crippen LogP contribution in [0.25, 0.3) is 0 Å². The Labute approximate surface area is 94.2 Å². The van der Waals surface area contributed by atoms with Gasteiger partial charge in [0, 0.05) is 18.8 Å². The van der Waals surface area contributed by atoms with E-state index >= 15 is 0 Å². The van der Waals surface area contributed by atoms with Gasteiger partial charge in [-0.05, 0) is 37.7 Å². The van der Waals surface area contributed by atoms with Gasteiger partial charge in [0.05, 0.1) is 0 Å². The lowest BCUT2D eigenvalue weighted by Crippen LogP contribution is -2.33. The van der Waals surface area contributed by atoms with Crippen LogP contribution in [0, 0.1) is 5.92 Å². The lowest BCUT2D eigenvalue weighted by atomic mass is 9.86. The molecule has 1 aliphatic rings. The van der Waals surface area contributed by atoms with Gasteiger partial charge in [0.1, 0.15) is 0 Å². The van der Waals surface area contributed by atoms with Gasteiger partial charge in [-0.1, -0.05) is 32.2 Å². The molecule has 0 radical (unpaired) electrons. The predicted octanol–water partition coefficient (Wildman–Crippen LogP) is 3.75. The monoisotopic (exact) mass is 205 g/mol. The Balaban J connectivity index is 2.45. The molecule has 15 heavy (non-hydrogen) atoms. The van der Waals surface area contributed by atoms with Crippen LogP contribution in [0.3, 0.4) is 0 Å². The van der Waals surface area contributed by atoms with Crippen LogP contribution >= 0.6 is 0 Å². The maximum Gasteiger partial charge on any atom is 0.0293 e. The van der Waals surface area contributed by atoms with Crippen molar-refractivity contribution in [2.45, 2.75) is 38.6 Å². The zero-order chi connectivity index (χ0) is 11.3. The zero-order valence-corrected chi connectivity index (χ0v) is 10.1. The Morgan fingerprint density at radius 1 is 1.27 bits per heavy atom. The molecule has 0 aromatic carbocycles. The molecule has 84 valence electrons. The van der Waals surface area contributed by atoms with Crippen molar-refractivity contribution in [3.8, 4) is 0 Å². The second kappa shape index (κ2) is 5.79. The number of rotatable bonds is 4. The molecule has 0 atom stereocenters. The Bertz CT molecular complexity index is 244. The summed E-state index contributed by atoms with van der Waals surface area (Å²) in [7, 11) is 2.15. The minimum absolute atomic E-state index is 0.683. The van der Waals surface area contributed by atoms with E-state index in [1.807, 2.05) is 12.2 Å². The van der Waals surface area contributed by atoms with Crippen LogP contribution in [-0.2, 0) is 0 Å². The molecule has 1 saturated carbocycles. The van der Waals surface area contributed by atoms with E-state index in [1.165, 1.54) is 25.7 Å². The van der Waals surface area contributed by atoms with Crippen LogP contribution in [-0.4, -0.2) is 18.0 Å². The summed E-state index contributed by atoms with van der Waals surface area (Å²) in [6.45, 7) is 10.1. The first-order valence-electron chi connectivity index (χ1n) is 5.86. The normalized spacial score (nSPS) is 26.5. The SMILES string of the molecule is C=C/C=C\C(=C)N(C)C1CCC(C)CC1. The van der Waals surface area contributed by atoms with Crippen molar-refractivity contribution < 1.29 is 0 Å². The third kappa shape index (κ3) is 3.58. The summed E-state index contributed by atoms with van der Waals surface area (Å²) < 4.78 is 0. The van der Waals surface area contributed by atoms with E-state index < -0.39 is 0 Å². The first kappa shape index (κ1) is 12.1. The average Bonchev–Trinajstić information content (AvgIpc) is 2.26. The quantitative estimate of drug-likeness (QED) is 0.632. The Morgan fingerprint density at radius 2 is 1.87 bits per heavy atom. The van der Waals surface area contributed by atoms with Gasteiger partial charge in [-0.3, -0.25) is 0 Å². The molecule has 0 saturated heterocycles. The molecule has 0 aromatic heterocycles. The standard InChI is InChI=1S/C14H23N/c1-5-6-7-13(3)15(4)14-10-8-12(2)9-11-14/h5-7,12,14H,1,3,8-11H2,2,4H3/b7-6-. The van der Waals surface area contributed by atoms with E-state index in [1.54, 1.807) is 6.08 Å². The van der Waals surface area contributed by atoms with Crippen LogP contribution in [0.2, 0.25) is 0 Å². The third-order valence-electron chi connectivity index (χ3n) is 3.41. The van der Waals surface area contributed by atoms with E-state index in [0.717, 1.165) is 11.6 Å². The fraction of sp³-hybridized carbons (Fsp3) is 0.571.